The summed E-state index contributed by atoms with van der Waals surface area (Å²) in [6.07, 6.45) is 3.16. The molecule has 0 atom stereocenters. The smallest absolute Gasteiger partial charge is 0.410 e. The number of nitriles is 1. The number of ether oxygens (including phenoxy) is 2. The lowest BCUT2D eigenvalue weighted by Crippen LogP contribution is -2.42. The van der Waals surface area contributed by atoms with Gasteiger partial charge in [-0.15, -0.1) is 0 Å². The fourth-order valence-corrected chi connectivity index (χ4v) is 4.66. The van der Waals surface area contributed by atoms with Crippen molar-refractivity contribution in [3.8, 4) is 23.1 Å². The van der Waals surface area contributed by atoms with Crippen molar-refractivity contribution >= 4 is 11.7 Å². The second kappa shape index (κ2) is 9.58. The van der Waals surface area contributed by atoms with E-state index in [4.69, 9.17) is 14.6 Å². The molecule has 4 rings (SSSR count). The van der Waals surface area contributed by atoms with Gasteiger partial charge >= 0.3 is 6.09 Å². The third kappa shape index (κ3) is 4.82. The van der Waals surface area contributed by atoms with Crippen LogP contribution in [0.5, 0.6) is 5.88 Å². The lowest BCUT2D eigenvalue weighted by Gasteiger charge is -2.34. The quantitative estimate of drug-likeness (QED) is 0.594. The Morgan fingerprint density at radius 3 is 2.60 bits per heavy atom. The number of amides is 1. The second-order valence-electron chi connectivity index (χ2n) is 9.76. The first-order valence-corrected chi connectivity index (χ1v) is 11.8. The van der Waals surface area contributed by atoms with Gasteiger partial charge in [-0.3, -0.25) is 9.08 Å². The molecule has 1 saturated heterocycles. The van der Waals surface area contributed by atoms with E-state index < -0.39 is 5.60 Å². The molecule has 0 aromatic carbocycles. The van der Waals surface area contributed by atoms with E-state index in [-0.39, 0.29) is 18.7 Å². The molecule has 10 nitrogen and oxygen atoms in total. The summed E-state index contributed by atoms with van der Waals surface area (Å²) in [7, 11) is 1.56. The largest absolute Gasteiger partial charge is 0.482 e. The van der Waals surface area contributed by atoms with E-state index in [9.17, 15) is 15.2 Å². The van der Waals surface area contributed by atoms with Gasteiger partial charge in [0.2, 0.25) is 5.88 Å². The number of hydrogen-bond acceptors (Lipinski definition) is 7. The summed E-state index contributed by atoms with van der Waals surface area (Å²) < 4.78 is 14.8. The van der Waals surface area contributed by atoms with Gasteiger partial charge in [-0.05, 0) is 52.2 Å². The first kappa shape index (κ1) is 24.5. The normalized spacial score (nSPS) is 14.8. The van der Waals surface area contributed by atoms with Gasteiger partial charge in [-0.25, -0.2) is 9.78 Å². The van der Waals surface area contributed by atoms with Gasteiger partial charge < -0.3 is 19.5 Å². The number of carbonyl (C=O) groups is 1. The highest BCUT2D eigenvalue weighted by Crippen LogP contribution is 2.35. The summed E-state index contributed by atoms with van der Waals surface area (Å²) in [6, 6.07) is 6.04. The number of hydrogen-bond donors (Lipinski definition) is 1. The monoisotopic (exact) mass is 480 g/mol. The Bertz CT molecular complexity index is 1270. The van der Waals surface area contributed by atoms with E-state index in [1.54, 1.807) is 16.4 Å². The summed E-state index contributed by atoms with van der Waals surface area (Å²) >= 11 is 0. The van der Waals surface area contributed by atoms with E-state index in [2.05, 4.69) is 11.1 Å². The third-order valence-electron chi connectivity index (χ3n) is 6.22. The lowest BCUT2D eigenvalue weighted by atomic mass is 10.0. The first-order chi connectivity index (χ1) is 16.7. The summed E-state index contributed by atoms with van der Waals surface area (Å²) in [5, 5.41) is 24.0. The average Bonchev–Trinajstić information content (AvgIpc) is 3.38. The summed E-state index contributed by atoms with van der Waals surface area (Å²) in [4.78, 5) is 18.6. The van der Waals surface area contributed by atoms with Crippen molar-refractivity contribution in [2.45, 2.75) is 58.6 Å². The number of fused-ring (bicyclic) bond motifs is 1. The Morgan fingerprint density at radius 1 is 1.29 bits per heavy atom. The van der Waals surface area contributed by atoms with Gasteiger partial charge in [0.15, 0.2) is 0 Å². The predicted molar refractivity (Wildman–Crippen MR) is 129 cm³/mol. The van der Waals surface area contributed by atoms with Crippen molar-refractivity contribution in [1.29, 1.82) is 5.26 Å². The van der Waals surface area contributed by atoms with Gasteiger partial charge in [0, 0.05) is 43.4 Å². The highest BCUT2D eigenvalue weighted by Gasteiger charge is 2.30. The molecule has 186 valence electrons. The van der Waals surface area contributed by atoms with Crippen molar-refractivity contribution < 1.29 is 19.4 Å². The second-order valence-corrected chi connectivity index (χ2v) is 9.76. The van der Waals surface area contributed by atoms with Crippen LogP contribution >= 0.6 is 0 Å². The van der Waals surface area contributed by atoms with Crippen LogP contribution in [0, 0.1) is 18.3 Å². The Hall–Kier alpha value is -3.58. The molecule has 1 N–H and O–H groups in total. The molecule has 0 aliphatic carbocycles. The Kier molecular flexibility index (Phi) is 6.72. The number of aliphatic hydroxyl groups excluding tert-OH is 1. The molecule has 0 radical (unpaired) electrons. The van der Waals surface area contributed by atoms with E-state index in [0.29, 0.717) is 36.7 Å². The number of aromatic nitrogens is 4. The Morgan fingerprint density at radius 2 is 2.00 bits per heavy atom. The molecule has 10 heteroatoms. The van der Waals surface area contributed by atoms with Crippen LogP contribution in [0.1, 0.15) is 56.7 Å². The molecule has 1 amide bonds. The number of rotatable bonds is 5. The van der Waals surface area contributed by atoms with Gasteiger partial charge in [0.1, 0.15) is 23.0 Å². The Balaban J connectivity index is 1.66. The summed E-state index contributed by atoms with van der Waals surface area (Å²) in [5.41, 5.74) is 4.03. The van der Waals surface area contributed by atoms with Crippen molar-refractivity contribution in [2.24, 2.45) is 0 Å². The number of carbonyl (C=O) groups excluding carboxylic acids is 1. The SMILES string of the molecule is COc1cc(-c2c(CCO)nn(C3CCN(C(=O)OC(C)(C)C)CC3)c2C)cc2ncc(C#N)n12. The molecule has 0 bridgehead atoms. The standard InChI is InChI=1S/C25H32N6O4/c1-16-23(17-12-21-27-15-19(14-26)30(21)22(13-17)34-5)20(8-11-32)28-31(16)18-6-9-29(10-7-18)24(33)35-25(2,3)4/h12-13,15,18,32H,6-11H2,1-5H3. The maximum absolute atomic E-state index is 12.5. The number of imidazole rings is 1. The molecular weight excluding hydrogens is 448 g/mol. The maximum atomic E-state index is 12.5. The predicted octanol–water partition coefficient (Wildman–Crippen LogP) is 3.49. The minimum Gasteiger partial charge on any atom is -0.482 e. The highest BCUT2D eigenvalue weighted by atomic mass is 16.6. The van der Waals surface area contributed by atoms with Gasteiger partial charge in [-0.2, -0.15) is 10.4 Å². The van der Waals surface area contributed by atoms with E-state index in [1.807, 2.05) is 44.5 Å². The van der Waals surface area contributed by atoms with Crippen LogP contribution in [0.25, 0.3) is 16.8 Å². The topological polar surface area (TPSA) is 118 Å². The van der Waals surface area contributed by atoms with E-state index in [1.165, 1.54) is 6.20 Å². The summed E-state index contributed by atoms with van der Waals surface area (Å²) in [6.45, 7) is 8.78. The zero-order valence-corrected chi connectivity index (χ0v) is 20.9. The molecule has 4 heterocycles. The Labute approximate surface area is 204 Å². The molecule has 3 aromatic heterocycles. The molecule has 35 heavy (non-hydrogen) atoms. The van der Waals surface area contributed by atoms with Crippen molar-refractivity contribution in [2.75, 3.05) is 26.8 Å². The van der Waals surface area contributed by atoms with Crippen LogP contribution in [0.15, 0.2) is 18.3 Å². The maximum Gasteiger partial charge on any atom is 0.410 e. The first-order valence-electron chi connectivity index (χ1n) is 11.8. The molecule has 1 fully saturated rings. The van der Waals surface area contributed by atoms with Crippen LogP contribution in [0.4, 0.5) is 4.79 Å². The molecule has 0 unspecified atom stereocenters. The van der Waals surface area contributed by atoms with Crippen LogP contribution < -0.4 is 4.74 Å². The molecule has 0 saturated carbocycles. The number of aliphatic hydroxyl groups is 1. The molecule has 0 spiro atoms. The number of pyridine rings is 1. The van der Waals surface area contributed by atoms with Crippen molar-refractivity contribution in [3.05, 3.63) is 35.4 Å². The zero-order valence-electron chi connectivity index (χ0n) is 20.9. The van der Waals surface area contributed by atoms with Crippen LogP contribution in [-0.4, -0.2) is 67.7 Å². The van der Waals surface area contributed by atoms with E-state index in [0.717, 1.165) is 35.4 Å². The molecule has 1 aliphatic heterocycles. The highest BCUT2D eigenvalue weighted by molar-refractivity contribution is 5.74. The van der Waals surface area contributed by atoms with E-state index >= 15 is 0 Å². The van der Waals surface area contributed by atoms with Crippen LogP contribution in [0.3, 0.4) is 0 Å². The summed E-state index contributed by atoms with van der Waals surface area (Å²) in [5.74, 6) is 0.499. The van der Waals surface area contributed by atoms with Crippen LogP contribution in [-0.2, 0) is 11.2 Å². The number of piperidine rings is 1. The number of nitrogens with zero attached hydrogens (tertiary/aromatic N) is 6. The molecule has 3 aromatic rings. The average molecular weight is 481 g/mol. The van der Waals surface area contributed by atoms with Gasteiger partial charge in [-0.1, -0.05) is 0 Å². The molecular formula is C25H32N6O4. The number of methoxy groups -OCH3 is 1. The van der Waals surface area contributed by atoms with Gasteiger partial charge in [0.05, 0.1) is 25.0 Å². The molecule has 1 aliphatic rings. The minimum absolute atomic E-state index is 0.0259. The fraction of sp³-hybridized carbons (Fsp3) is 0.520. The van der Waals surface area contributed by atoms with Crippen molar-refractivity contribution in [3.63, 3.8) is 0 Å². The number of likely N-dealkylation sites (tertiary alicyclic amines) is 1. The zero-order chi connectivity index (χ0) is 25.3. The lowest BCUT2D eigenvalue weighted by molar-refractivity contribution is 0.0184. The third-order valence-corrected chi connectivity index (χ3v) is 6.22. The minimum atomic E-state index is -0.522. The fourth-order valence-electron chi connectivity index (χ4n) is 4.66. The van der Waals surface area contributed by atoms with Crippen LogP contribution in [0.2, 0.25) is 0 Å². The van der Waals surface area contributed by atoms with Crippen molar-refractivity contribution in [1.82, 2.24) is 24.1 Å². The van der Waals surface area contributed by atoms with Gasteiger partial charge in [0.25, 0.3) is 0 Å².